The summed E-state index contributed by atoms with van der Waals surface area (Å²) in [6.45, 7) is 1.93. The van der Waals surface area contributed by atoms with Crippen molar-refractivity contribution in [3.8, 4) is 10.6 Å². The SMILES string of the molecule is Cc1nc(/C=C/C(=O)Nc2nc(-c3cccs3)cs2)cs1. The molecule has 1 N–H and O–H groups in total. The van der Waals surface area contributed by atoms with Crippen LogP contribution in [0.1, 0.15) is 10.7 Å². The second-order valence-electron chi connectivity index (χ2n) is 4.13. The number of nitrogens with one attached hydrogen (secondary N) is 1. The fourth-order valence-corrected chi connectivity index (χ4v) is 3.69. The zero-order chi connectivity index (χ0) is 14.7. The van der Waals surface area contributed by atoms with Crippen LogP contribution in [0.3, 0.4) is 0 Å². The first kappa shape index (κ1) is 14.1. The molecule has 0 aromatic carbocycles. The summed E-state index contributed by atoms with van der Waals surface area (Å²) in [6, 6.07) is 3.99. The summed E-state index contributed by atoms with van der Waals surface area (Å²) in [6.07, 6.45) is 3.17. The Balaban J connectivity index is 1.64. The zero-order valence-corrected chi connectivity index (χ0v) is 13.5. The van der Waals surface area contributed by atoms with Crippen LogP contribution in [-0.2, 0) is 4.79 Å². The Morgan fingerprint density at radius 3 is 2.86 bits per heavy atom. The highest BCUT2D eigenvalue weighted by Gasteiger charge is 2.07. The van der Waals surface area contributed by atoms with E-state index in [2.05, 4.69) is 15.3 Å². The summed E-state index contributed by atoms with van der Waals surface area (Å²) < 4.78 is 0. The summed E-state index contributed by atoms with van der Waals surface area (Å²) in [5.74, 6) is -0.201. The van der Waals surface area contributed by atoms with Gasteiger partial charge in [0.15, 0.2) is 5.13 Å². The third-order valence-corrected chi connectivity index (χ3v) is 4.99. The lowest BCUT2D eigenvalue weighted by atomic mass is 10.4. The number of carbonyl (C=O) groups excluding carboxylic acids is 1. The molecule has 4 nitrogen and oxygen atoms in total. The van der Waals surface area contributed by atoms with E-state index >= 15 is 0 Å². The monoisotopic (exact) mass is 333 g/mol. The number of nitrogens with zero attached hydrogens (tertiary/aromatic N) is 2. The Kier molecular flexibility index (Phi) is 4.23. The first-order valence-electron chi connectivity index (χ1n) is 6.11. The van der Waals surface area contributed by atoms with E-state index in [0.717, 1.165) is 21.3 Å². The van der Waals surface area contributed by atoms with Gasteiger partial charge >= 0.3 is 0 Å². The number of carbonyl (C=O) groups is 1. The van der Waals surface area contributed by atoms with Gasteiger partial charge in [-0.1, -0.05) is 6.07 Å². The van der Waals surface area contributed by atoms with Gasteiger partial charge in [-0.2, -0.15) is 0 Å². The number of hydrogen-bond donors (Lipinski definition) is 1. The topological polar surface area (TPSA) is 54.9 Å². The molecular weight excluding hydrogens is 322 g/mol. The first-order valence-corrected chi connectivity index (χ1v) is 8.75. The number of amides is 1. The maximum atomic E-state index is 11.8. The Hall–Kier alpha value is -1.83. The molecule has 0 saturated carbocycles. The molecule has 0 aliphatic heterocycles. The lowest BCUT2D eigenvalue weighted by molar-refractivity contribution is -0.111. The highest BCUT2D eigenvalue weighted by molar-refractivity contribution is 7.16. The highest BCUT2D eigenvalue weighted by Crippen LogP contribution is 2.28. The van der Waals surface area contributed by atoms with Crippen molar-refractivity contribution in [2.45, 2.75) is 6.92 Å². The number of anilines is 1. The molecule has 106 valence electrons. The fourth-order valence-electron chi connectivity index (χ4n) is 1.63. The van der Waals surface area contributed by atoms with Gasteiger partial charge in [-0.05, 0) is 24.4 Å². The van der Waals surface area contributed by atoms with Crippen LogP contribution < -0.4 is 5.32 Å². The van der Waals surface area contributed by atoms with Gasteiger partial charge in [0.05, 0.1) is 21.3 Å². The van der Waals surface area contributed by atoms with Gasteiger partial charge in [0.2, 0.25) is 5.91 Å². The van der Waals surface area contributed by atoms with Crippen molar-refractivity contribution in [3.05, 3.63) is 45.1 Å². The quantitative estimate of drug-likeness (QED) is 0.725. The molecule has 1 amide bonds. The molecule has 7 heteroatoms. The van der Waals surface area contributed by atoms with E-state index in [0.29, 0.717) is 5.13 Å². The minimum absolute atomic E-state index is 0.201. The van der Waals surface area contributed by atoms with Crippen molar-refractivity contribution in [2.75, 3.05) is 5.32 Å². The summed E-state index contributed by atoms with van der Waals surface area (Å²) in [5.41, 5.74) is 1.69. The Bertz CT molecular complexity index is 771. The van der Waals surface area contributed by atoms with Crippen molar-refractivity contribution in [1.82, 2.24) is 9.97 Å². The van der Waals surface area contributed by atoms with E-state index < -0.39 is 0 Å². The van der Waals surface area contributed by atoms with Gasteiger partial charge in [-0.25, -0.2) is 9.97 Å². The van der Waals surface area contributed by atoms with Crippen molar-refractivity contribution in [2.24, 2.45) is 0 Å². The average molecular weight is 333 g/mol. The summed E-state index contributed by atoms with van der Waals surface area (Å²) in [4.78, 5) is 21.6. The Morgan fingerprint density at radius 1 is 1.24 bits per heavy atom. The van der Waals surface area contributed by atoms with Crippen molar-refractivity contribution in [3.63, 3.8) is 0 Å². The predicted molar refractivity (Wildman–Crippen MR) is 89.9 cm³/mol. The van der Waals surface area contributed by atoms with E-state index in [4.69, 9.17) is 0 Å². The van der Waals surface area contributed by atoms with Crippen molar-refractivity contribution in [1.29, 1.82) is 0 Å². The normalized spacial score (nSPS) is 11.1. The summed E-state index contributed by atoms with van der Waals surface area (Å²) in [5, 5.41) is 10.2. The molecule has 3 heterocycles. The highest BCUT2D eigenvalue weighted by atomic mass is 32.1. The van der Waals surface area contributed by atoms with Gasteiger partial charge in [0.25, 0.3) is 0 Å². The second kappa shape index (κ2) is 6.30. The largest absolute Gasteiger partial charge is 0.298 e. The maximum absolute atomic E-state index is 11.8. The number of aromatic nitrogens is 2. The van der Waals surface area contributed by atoms with Crippen LogP contribution >= 0.6 is 34.0 Å². The van der Waals surface area contributed by atoms with Gasteiger partial charge in [-0.15, -0.1) is 34.0 Å². The van der Waals surface area contributed by atoms with Crippen LogP contribution in [-0.4, -0.2) is 15.9 Å². The van der Waals surface area contributed by atoms with E-state index in [9.17, 15) is 4.79 Å². The molecule has 3 aromatic rings. The van der Waals surface area contributed by atoms with Crippen molar-refractivity contribution >= 4 is 51.1 Å². The minimum atomic E-state index is -0.201. The minimum Gasteiger partial charge on any atom is -0.298 e. The number of thiophene rings is 1. The van der Waals surface area contributed by atoms with E-state index in [-0.39, 0.29) is 5.91 Å². The van der Waals surface area contributed by atoms with E-state index in [1.54, 1.807) is 28.7 Å². The van der Waals surface area contributed by atoms with Crippen LogP contribution in [0, 0.1) is 6.92 Å². The van der Waals surface area contributed by atoms with E-state index in [1.807, 2.05) is 35.2 Å². The van der Waals surface area contributed by atoms with Crippen LogP contribution in [0.25, 0.3) is 16.6 Å². The molecule has 0 aliphatic rings. The standard InChI is InChI=1S/C14H11N3OS3/c1-9-15-10(7-20-9)4-5-13(18)17-14-16-11(8-21-14)12-3-2-6-19-12/h2-8H,1H3,(H,16,17,18)/b5-4+. The first-order chi connectivity index (χ1) is 10.2. The molecule has 21 heavy (non-hydrogen) atoms. The molecule has 0 atom stereocenters. The third-order valence-electron chi connectivity index (χ3n) is 2.55. The van der Waals surface area contributed by atoms with Crippen LogP contribution in [0.2, 0.25) is 0 Å². The van der Waals surface area contributed by atoms with E-state index in [1.165, 1.54) is 17.4 Å². The third kappa shape index (κ3) is 3.63. The molecule has 3 aromatic heterocycles. The molecule has 0 radical (unpaired) electrons. The zero-order valence-electron chi connectivity index (χ0n) is 11.1. The predicted octanol–water partition coefficient (Wildman–Crippen LogP) is 4.29. The van der Waals surface area contributed by atoms with Gasteiger partial charge < -0.3 is 0 Å². The lowest BCUT2D eigenvalue weighted by Gasteiger charge is -1.95. The Labute approximate surface area is 133 Å². The number of hydrogen-bond acceptors (Lipinski definition) is 6. The molecule has 0 aliphatic carbocycles. The van der Waals surface area contributed by atoms with Crippen LogP contribution in [0.5, 0.6) is 0 Å². The van der Waals surface area contributed by atoms with Crippen molar-refractivity contribution < 1.29 is 4.79 Å². The van der Waals surface area contributed by atoms with Gasteiger partial charge in [0.1, 0.15) is 0 Å². The molecule has 3 rings (SSSR count). The number of thiazole rings is 2. The number of aryl methyl sites for hydroxylation is 1. The molecule has 0 bridgehead atoms. The van der Waals surface area contributed by atoms with Gasteiger partial charge in [0, 0.05) is 16.8 Å². The molecule has 0 fully saturated rings. The fraction of sp³-hybridized carbons (Fsp3) is 0.0714. The lowest BCUT2D eigenvalue weighted by Crippen LogP contribution is -2.07. The smallest absolute Gasteiger partial charge is 0.250 e. The molecule has 0 unspecified atom stereocenters. The number of rotatable bonds is 4. The second-order valence-corrected chi connectivity index (χ2v) is 7.00. The Morgan fingerprint density at radius 2 is 2.14 bits per heavy atom. The van der Waals surface area contributed by atoms with Crippen LogP contribution in [0.15, 0.2) is 34.3 Å². The molecule has 0 saturated heterocycles. The summed E-state index contributed by atoms with van der Waals surface area (Å²) in [7, 11) is 0. The van der Waals surface area contributed by atoms with Gasteiger partial charge in [-0.3, -0.25) is 10.1 Å². The van der Waals surface area contributed by atoms with Crippen LogP contribution in [0.4, 0.5) is 5.13 Å². The maximum Gasteiger partial charge on any atom is 0.250 e. The average Bonchev–Trinajstić information content (AvgIpc) is 3.16. The molecule has 0 spiro atoms. The molecular formula is C14H11N3OS3. The summed E-state index contributed by atoms with van der Waals surface area (Å²) >= 11 is 4.61.